The van der Waals surface area contributed by atoms with Gasteiger partial charge < -0.3 is 10.2 Å². The van der Waals surface area contributed by atoms with Crippen LogP contribution in [-0.4, -0.2) is 54.7 Å². The van der Waals surface area contributed by atoms with Crippen LogP contribution in [0.25, 0.3) is 0 Å². The Morgan fingerprint density at radius 1 is 1.05 bits per heavy atom. The highest BCUT2D eigenvalue weighted by Gasteiger charge is 2.45. The normalized spacial score (nSPS) is 19.8. The number of nitrogens with zero attached hydrogens (tertiary/aromatic N) is 3. The van der Waals surface area contributed by atoms with Crippen LogP contribution in [0.1, 0.15) is 64.8 Å². The van der Waals surface area contributed by atoms with Crippen LogP contribution < -0.4 is 15.5 Å². The molecule has 0 radical (unpaired) electrons. The van der Waals surface area contributed by atoms with Crippen molar-refractivity contribution in [3.05, 3.63) is 59.2 Å². The SMILES string of the molecule is CN(CCCCNc1ccc2c(c1)C(=O)N(C1CCC(=O)NC1=O)C2=O)c1ccc(C2(C#N)CC2)cc1. The minimum Gasteiger partial charge on any atom is -0.385 e. The highest BCUT2D eigenvalue weighted by atomic mass is 16.2. The van der Waals surface area contributed by atoms with E-state index in [0.29, 0.717) is 6.54 Å². The van der Waals surface area contributed by atoms with Gasteiger partial charge in [-0.15, -0.1) is 0 Å². The molecular weight excluding hydrogens is 470 g/mol. The molecule has 190 valence electrons. The molecule has 2 aromatic carbocycles. The standard InChI is InChI=1S/C28H29N5O4/c1-32(20-7-4-18(5-8-20)28(17-29)12-13-28)15-3-2-14-30-19-6-9-21-22(16-19)27(37)33(26(21)36)23-10-11-24(34)31-25(23)35/h4-9,16,23,30H,2-3,10-15H2,1H3,(H,31,34,35). The van der Waals surface area contributed by atoms with Crippen molar-refractivity contribution in [2.45, 2.75) is 50.0 Å². The lowest BCUT2D eigenvalue weighted by Gasteiger charge is -2.27. The van der Waals surface area contributed by atoms with E-state index in [9.17, 15) is 24.4 Å². The Kier molecular flexibility index (Phi) is 6.42. The van der Waals surface area contributed by atoms with E-state index in [2.05, 4.69) is 52.9 Å². The molecule has 9 heteroatoms. The zero-order valence-corrected chi connectivity index (χ0v) is 20.8. The molecule has 37 heavy (non-hydrogen) atoms. The Bertz CT molecular complexity index is 1310. The number of anilines is 2. The number of fused-ring (bicyclic) bond motifs is 1. The van der Waals surface area contributed by atoms with Crippen molar-refractivity contribution in [2.24, 2.45) is 0 Å². The molecule has 2 heterocycles. The summed E-state index contributed by atoms with van der Waals surface area (Å²) in [5, 5.41) is 14.9. The smallest absolute Gasteiger partial charge is 0.262 e. The summed E-state index contributed by atoms with van der Waals surface area (Å²) in [5.41, 5.74) is 3.24. The first-order chi connectivity index (χ1) is 17.8. The Hall–Kier alpha value is -4.19. The van der Waals surface area contributed by atoms with Gasteiger partial charge in [-0.2, -0.15) is 5.26 Å². The van der Waals surface area contributed by atoms with E-state index >= 15 is 0 Å². The Morgan fingerprint density at radius 2 is 1.78 bits per heavy atom. The van der Waals surface area contributed by atoms with Crippen LogP contribution in [0.4, 0.5) is 11.4 Å². The molecule has 0 aromatic heterocycles. The van der Waals surface area contributed by atoms with E-state index in [1.165, 1.54) is 0 Å². The van der Waals surface area contributed by atoms with Gasteiger partial charge in [-0.25, -0.2) is 0 Å². The van der Waals surface area contributed by atoms with Crippen molar-refractivity contribution in [1.29, 1.82) is 5.26 Å². The van der Waals surface area contributed by atoms with Crippen molar-refractivity contribution >= 4 is 35.0 Å². The Morgan fingerprint density at radius 3 is 2.46 bits per heavy atom. The van der Waals surface area contributed by atoms with E-state index in [1.807, 2.05) is 0 Å². The molecule has 2 fully saturated rings. The number of unbranched alkanes of at least 4 members (excludes halogenated alkanes) is 1. The largest absolute Gasteiger partial charge is 0.385 e. The second-order valence-electron chi connectivity index (χ2n) is 10.0. The van der Waals surface area contributed by atoms with Crippen molar-refractivity contribution in [3.8, 4) is 6.07 Å². The summed E-state index contributed by atoms with van der Waals surface area (Å²) in [6, 6.07) is 14.8. The van der Waals surface area contributed by atoms with Crippen LogP contribution in [-0.2, 0) is 15.0 Å². The second-order valence-corrected chi connectivity index (χ2v) is 10.0. The number of hydrogen-bond acceptors (Lipinski definition) is 7. The summed E-state index contributed by atoms with van der Waals surface area (Å²) in [6.07, 6.45) is 3.99. The van der Waals surface area contributed by atoms with Gasteiger partial charge >= 0.3 is 0 Å². The number of hydrogen-bond donors (Lipinski definition) is 2. The highest BCUT2D eigenvalue weighted by Crippen LogP contribution is 2.47. The number of nitrogens with one attached hydrogen (secondary N) is 2. The lowest BCUT2D eigenvalue weighted by atomic mass is 9.97. The predicted molar refractivity (Wildman–Crippen MR) is 137 cm³/mol. The summed E-state index contributed by atoms with van der Waals surface area (Å²) in [6.45, 7) is 1.58. The predicted octanol–water partition coefficient (Wildman–Crippen LogP) is 2.97. The molecular formula is C28H29N5O4. The van der Waals surface area contributed by atoms with E-state index in [-0.39, 0.29) is 29.4 Å². The van der Waals surface area contributed by atoms with Gasteiger partial charge in [0.2, 0.25) is 11.8 Å². The van der Waals surface area contributed by atoms with Gasteiger partial charge in [0.05, 0.1) is 22.6 Å². The summed E-state index contributed by atoms with van der Waals surface area (Å²) < 4.78 is 0. The third-order valence-electron chi connectivity index (χ3n) is 7.51. The van der Waals surface area contributed by atoms with E-state index in [1.54, 1.807) is 18.2 Å². The molecule has 4 amide bonds. The second kappa shape index (κ2) is 9.69. The fourth-order valence-corrected chi connectivity index (χ4v) is 5.04. The number of carbonyl (C=O) groups is 4. The summed E-state index contributed by atoms with van der Waals surface area (Å²) >= 11 is 0. The summed E-state index contributed by atoms with van der Waals surface area (Å²) in [7, 11) is 2.05. The van der Waals surface area contributed by atoms with Crippen LogP contribution in [0.3, 0.4) is 0 Å². The minimum atomic E-state index is -0.962. The molecule has 2 aliphatic heterocycles. The van der Waals surface area contributed by atoms with Crippen LogP contribution in [0.5, 0.6) is 0 Å². The fourth-order valence-electron chi connectivity index (χ4n) is 5.04. The van der Waals surface area contributed by atoms with Gasteiger partial charge in [-0.1, -0.05) is 12.1 Å². The van der Waals surface area contributed by atoms with Crippen molar-refractivity contribution in [3.63, 3.8) is 0 Å². The molecule has 2 N–H and O–H groups in total. The van der Waals surface area contributed by atoms with Gasteiger partial charge in [-0.05, 0) is 68.0 Å². The van der Waals surface area contributed by atoms with E-state index in [0.717, 1.165) is 54.1 Å². The number of carbonyl (C=O) groups excluding carboxylic acids is 4. The van der Waals surface area contributed by atoms with Crippen molar-refractivity contribution in [2.75, 3.05) is 30.4 Å². The molecule has 0 spiro atoms. The Labute approximate surface area is 215 Å². The number of piperidine rings is 1. The number of nitriles is 1. The fraction of sp³-hybridized carbons (Fsp3) is 0.393. The highest BCUT2D eigenvalue weighted by molar-refractivity contribution is 6.23. The van der Waals surface area contributed by atoms with E-state index in [4.69, 9.17) is 0 Å². The third-order valence-corrected chi connectivity index (χ3v) is 7.51. The molecule has 1 saturated carbocycles. The third kappa shape index (κ3) is 4.67. The van der Waals surface area contributed by atoms with E-state index < -0.39 is 29.7 Å². The van der Waals surface area contributed by atoms with Gasteiger partial charge in [0.15, 0.2) is 0 Å². The maximum Gasteiger partial charge on any atom is 0.262 e. The first kappa shape index (κ1) is 24.5. The van der Waals surface area contributed by atoms with Crippen molar-refractivity contribution in [1.82, 2.24) is 10.2 Å². The van der Waals surface area contributed by atoms with Crippen LogP contribution >= 0.6 is 0 Å². The number of rotatable bonds is 9. The molecule has 1 atom stereocenters. The summed E-state index contributed by atoms with van der Waals surface area (Å²) in [4.78, 5) is 52.6. The van der Waals surface area contributed by atoms with Gasteiger partial charge in [-0.3, -0.25) is 29.4 Å². The molecule has 3 aliphatic rings. The number of amides is 4. The Balaban J connectivity index is 1.11. The van der Waals surface area contributed by atoms with Crippen LogP contribution in [0, 0.1) is 11.3 Å². The van der Waals surface area contributed by atoms with Crippen LogP contribution in [0.2, 0.25) is 0 Å². The lowest BCUT2D eigenvalue weighted by molar-refractivity contribution is -0.136. The first-order valence-electron chi connectivity index (χ1n) is 12.7. The number of benzene rings is 2. The maximum atomic E-state index is 13.0. The average Bonchev–Trinajstić information content (AvgIpc) is 3.66. The molecule has 1 unspecified atom stereocenters. The molecule has 9 nitrogen and oxygen atoms in total. The zero-order valence-electron chi connectivity index (χ0n) is 20.8. The van der Waals surface area contributed by atoms with Gasteiger partial charge in [0, 0.05) is 37.9 Å². The van der Waals surface area contributed by atoms with Gasteiger partial charge in [0.25, 0.3) is 11.8 Å². The maximum absolute atomic E-state index is 13.0. The lowest BCUT2D eigenvalue weighted by Crippen LogP contribution is -2.54. The summed E-state index contributed by atoms with van der Waals surface area (Å²) in [5.74, 6) is -2.01. The first-order valence-corrected chi connectivity index (χ1v) is 12.7. The van der Waals surface area contributed by atoms with Crippen LogP contribution in [0.15, 0.2) is 42.5 Å². The molecule has 2 aromatic rings. The molecule has 1 saturated heterocycles. The average molecular weight is 500 g/mol. The molecule has 5 rings (SSSR count). The topological polar surface area (TPSA) is 123 Å². The monoisotopic (exact) mass is 499 g/mol. The molecule has 1 aliphatic carbocycles. The quantitative estimate of drug-likeness (QED) is 0.402. The zero-order chi connectivity index (χ0) is 26.2. The van der Waals surface area contributed by atoms with Gasteiger partial charge in [0.1, 0.15) is 6.04 Å². The van der Waals surface area contributed by atoms with Crippen molar-refractivity contribution < 1.29 is 19.2 Å². The number of imide groups is 2. The molecule has 0 bridgehead atoms. The minimum absolute atomic E-state index is 0.0962.